The first-order valence-corrected chi connectivity index (χ1v) is 6.17. The van der Waals surface area contributed by atoms with Crippen LogP contribution >= 0.6 is 0 Å². The number of esters is 1. The number of methoxy groups -OCH3 is 1. The molecule has 1 saturated heterocycles. The third-order valence-electron chi connectivity index (χ3n) is 2.97. The second-order valence-corrected chi connectivity index (χ2v) is 5.88. The predicted octanol–water partition coefficient (Wildman–Crippen LogP) is 1.46. The number of aliphatic hydroxyl groups is 1. The number of amides is 1. The molecule has 1 N–H and O–H groups in total. The fourth-order valence-electron chi connectivity index (χ4n) is 1.95. The summed E-state index contributed by atoms with van der Waals surface area (Å²) >= 11 is 0. The van der Waals surface area contributed by atoms with Crippen molar-refractivity contribution < 1.29 is 37.3 Å². The molecule has 9 heteroatoms. The molecular formula is C12H18F3NO5. The lowest BCUT2D eigenvalue weighted by atomic mass is 10.00. The van der Waals surface area contributed by atoms with Crippen molar-refractivity contribution in [3.8, 4) is 0 Å². The SMILES string of the molecule is COC(=O)C1CC(O)(C(F)(F)F)CN1C(=O)OC(C)(C)C. The number of halogens is 3. The molecule has 0 bridgehead atoms. The molecule has 1 rings (SSSR count). The summed E-state index contributed by atoms with van der Waals surface area (Å²) in [5, 5.41) is 9.68. The Hall–Kier alpha value is -1.51. The van der Waals surface area contributed by atoms with E-state index in [0.29, 0.717) is 4.90 Å². The van der Waals surface area contributed by atoms with E-state index in [1.807, 2.05) is 0 Å². The van der Waals surface area contributed by atoms with Gasteiger partial charge in [0.05, 0.1) is 13.7 Å². The summed E-state index contributed by atoms with van der Waals surface area (Å²) in [7, 11) is 0.987. The molecule has 1 aliphatic rings. The standard InChI is InChI=1S/C12H18F3NO5/c1-10(2,3)21-9(18)16-6-11(19,12(13,14)15)5-7(16)8(17)20-4/h7,19H,5-6H2,1-4H3. The number of hydrogen-bond acceptors (Lipinski definition) is 5. The highest BCUT2D eigenvalue weighted by Gasteiger charge is 2.63. The summed E-state index contributed by atoms with van der Waals surface area (Å²) in [6.07, 6.45) is -7.07. The topological polar surface area (TPSA) is 76.1 Å². The Morgan fingerprint density at radius 1 is 1.29 bits per heavy atom. The second-order valence-electron chi connectivity index (χ2n) is 5.88. The minimum atomic E-state index is -4.98. The van der Waals surface area contributed by atoms with E-state index in [2.05, 4.69) is 4.74 Å². The van der Waals surface area contributed by atoms with E-state index in [9.17, 15) is 27.9 Å². The lowest BCUT2D eigenvalue weighted by Gasteiger charge is -2.28. The Morgan fingerprint density at radius 2 is 1.81 bits per heavy atom. The number of rotatable bonds is 1. The van der Waals surface area contributed by atoms with Gasteiger partial charge in [-0.05, 0) is 20.8 Å². The Bertz CT molecular complexity index is 432. The van der Waals surface area contributed by atoms with E-state index in [4.69, 9.17) is 4.74 Å². The quantitative estimate of drug-likeness (QED) is 0.742. The van der Waals surface area contributed by atoms with Crippen LogP contribution in [0.25, 0.3) is 0 Å². The van der Waals surface area contributed by atoms with Crippen molar-refractivity contribution in [2.45, 2.75) is 50.6 Å². The van der Waals surface area contributed by atoms with Crippen molar-refractivity contribution in [2.24, 2.45) is 0 Å². The zero-order valence-electron chi connectivity index (χ0n) is 12.2. The highest BCUT2D eigenvalue weighted by atomic mass is 19.4. The lowest BCUT2D eigenvalue weighted by Crippen LogP contribution is -2.48. The maximum Gasteiger partial charge on any atom is 0.419 e. The predicted molar refractivity (Wildman–Crippen MR) is 64.4 cm³/mol. The second kappa shape index (κ2) is 5.36. The Kier molecular flexibility index (Phi) is 4.48. The maximum atomic E-state index is 12.9. The summed E-state index contributed by atoms with van der Waals surface area (Å²) in [6, 6.07) is -1.54. The summed E-state index contributed by atoms with van der Waals surface area (Å²) in [6.45, 7) is 3.52. The van der Waals surface area contributed by atoms with Crippen LogP contribution in [-0.4, -0.2) is 59.1 Å². The summed E-state index contributed by atoms with van der Waals surface area (Å²) in [5.74, 6) is -1.04. The largest absolute Gasteiger partial charge is 0.467 e. The molecule has 2 atom stereocenters. The number of likely N-dealkylation sites (tertiary alicyclic amines) is 1. The van der Waals surface area contributed by atoms with Gasteiger partial charge in [0.2, 0.25) is 0 Å². The molecule has 122 valence electrons. The van der Waals surface area contributed by atoms with Gasteiger partial charge in [-0.25, -0.2) is 9.59 Å². The van der Waals surface area contributed by atoms with Crippen LogP contribution < -0.4 is 0 Å². The van der Waals surface area contributed by atoms with Gasteiger partial charge in [-0.3, -0.25) is 4.90 Å². The zero-order valence-corrected chi connectivity index (χ0v) is 12.2. The Balaban J connectivity index is 3.04. The van der Waals surface area contributed by atoms with Gasteiger partial charge in [0.25, 0.3) is 0 Å². The van der Waals surface area contributed by atoms with Gasteiger partial charge in [-0.15, -0.1) is 0 Å². The first kappa shape index (κ1) is 17.5. The minimum Gasteiger partial charge on any atom is -0.467 e. The monoisotopic (exact) mass is 313 g/mol. The van der Waals surface area contributed by atoms with E-state index in [-0.39, 0.29) is 0 Å². The Labute approximate surface area is 119 Å². The van der Waals surface area contributed by atoms with Crippen molar-refractivity contribution >= 4 is 12.1 Å². The van der Waals surface area contributed by atoms with Crippen LogP contribution in [0.15, 0.2) is 0 Å². The molecule has 2 unspecified atom stereocenters. The van der Waals surface area contributed by atoms with Gasteiger partial charge in [-0.1, -0.05) is 0 Å². The molecular weight excluding hydrogens is 295 g/mol. The first-order chi connectivity index (χ1) is 9.31. The molecule has 6 nitrogen and oxygen atoms in total. The number of nitrogens with zero attached hydrogens (tertiary/aromatic N) is 1. The third-order valence-corrected chi connectivity index (χ3v) is 2.97. The van der Waals surface area contributed by atoms with E-state index in [1.54, 1.807) is 0 Å². The van der Waals surface area contributed by atoms with Crippen LogP contribution in [0.4, 0.5) is 18.0 Å². The number of ether oxygens (including phenoxy) is 2. The molecule has 0 aromatic carbocycles. The third kappa shape index (κ3) is 3.78. The molecule has 21 heavy (non-hydrogen) atoms. The molecule has 1 heterocycles. The highest BCUT2D eigenvalue weighted by Crippen LogP contribution is 2.41. The van der Waals surface area contributed by atoms with E-state index in [0.717, 1.165) is 7.11 Å². The minimum absolute atomic E-state index is 0.546. The van der Waals surface area contributed by atoms with E-state index < -0.39 is 48.4 Å². The number of alkyl halides is 3. The van der Waals surface area contributed by atoms with Crippen LogP contribution in [-0.2, 0) is 14.3 Å². The van der Waals surface area contributed by atoms with Gasteiger partial charge in [-0.2, -0.15) is 13.2 Å². The van der Waals surface area contributed by atoms with Crippen LogP contribution in [0, 0.1) is 0 Å². The van der Waals surface area contributed by atoms with Gasteiger partial charge >= 0.3 is 18.2 Å². The van der Waals surface area contributed by atoms with Crippen LogP contribution in [0.1, 0.15) is 27.2 Å². The summed E-state index contributed by atoms with van der Waals surface area (Å²) in [4.78, 5) is 24.0. The Morgan fingerprint density at radius 3 is 2.19 bits per heavy atom. The van der Waals surface area contributed by atoms with Crippen LogP contribution in [0.2, 0.25) is 0 Å². The first-order valence-electron chi connectivity index (χ1n) is 6.17. The molecule has 0 spiro atoms. The smallest absolute Gasteiger partial charge is 0.419 e. The fourth-order valence-corrected chi connectivity index (χ4v) is 1.95. The number of β-amino-alcohol motifs (C(OH)–C–C–N with tert-alkyl or cyclic N) is 1. The van der Waals surface area contributed by atoms with Gasteiger partial charge in [0, 0.05) is 6.42 Å². The number of carbonyl (C=O) groups excluding carboxylic acids is 2. The summed E-state index contributed by atoms with van der Waals surface area (Å²) < 4.78 is 48.0. The fraction of sp³-hybridized carbons (Fsp3) is 0.833. The van der Waals surface area contributed by atoms with Crippen LogP contribution in [0.3, 0.4) is 0 Å². The van der Waals surface area contributed by atoms with Crippen molar-refractivity contribution in [2.75, 3.05) is 13.7 Å². The molecule has 0 aliphatic carbocycles. The molecule has 0 aromatic rings. The van der Waals surface area contributed by atoms with Gasteiger partial charge < -0.3 is 14.6 Å². The molecule has 0 saturated carbocycles. The normalized spacial score (nSPS) is 26.7. The molecule has 0 radical (unpaired) electrons. The van der Waals surface area contributed by atoms with Crippen molar-refractivity contribution in [1.82, 2.24) is 4.90 Å². The summed E-state index contributed by atoms with van der Waals surface area (Å²) in [5.41, 5.74) is -4.11. The lowest BCUT2D eigenvalue weighted by molar-refractivity contribution is -0.253. The number of hydrogen-bond donors (Lipinski definition) is 1. The average Bonchev–Trinajstić information content (AvgIpc) is 2.65. The van der Waals surface area contributed by atoms with E-state index in [1.165, 1.54) is 20.8 Å². The van der Waals surface area contributed by atoms with Crippen LogP contribution in [0.5, 0.6) is 0 Å². The molecule has 1 fully saturated rings. The molecule has 1 aliphatic heterocycles. The molecule has 0 aromatic heterocycles. The van der Waals surface area contributed by atoms with Gasteiger partial charge in [0.1, 0.15) is 11.6 Å². The molecule has 1 amide bonds. The maximum absolute atomic E-state index is 12.9. The van der Waals surface area contributed by atoms with Gasteiger partial charge in [0.15, 0.2) is 5.60 Å². The highest BCUT2D eigenvalue weighted by molar-refractivity contribution is 5.82. The van der Waals surface area contributed by atoms with Crippen molar-refractivity contribution in [3.05, 3.63) is 0 Å². The average molecular weight is 313 g/mol. The van der Waals surface area contributed by atoms with E-state index >= 15 is 0 Å². The zero-order chi connectivity index (χ0) is 16.6. The van der Waals surface area contributed by atoms with Crippen molar-refractivity contribution in [3.63, 3.8) is 0 Å². The number of carbonyl (C=O) groups is 2. The van der Waals surface area contributed by atoms with Crippen molar-refractivity contribution in [1.29, 1.82) is 0 Å².